The summed E-state index contributed by atoms with van der Waals surface area (Å²) < 4.78 is 0. The van der Waals surface area contributed by atoms with Crippen LogP contribution in [-0.2, 0) is 4.79 Å². The maximum atomic E-state index is 10.5. The van der Waals surface area contributed by atoms with Crippen LogP contribution < -0.4 is 5.73 Å². The molecule has 0 atom stereocenters. The standard InChI is InChI=1S/C18H35NO.H/c1-2-3-4-5-6-7-8-9-10-11-12-13-14-15-16-17-18(19)20;/h9-10H,2-8,11-17H2,1H3,(H2,19,20);/b10-9-;. The number of unbranched alkanes of at least 4 members (excludes halogenated alkanes) is 11. The number of rotatable bonds is 15. The number of hydrogen-bond acceptors (Lipinski definition) is 1. The van der Waals surface area contributed by atoms with Crippen LogP contribution in [0.3, 0.4) is 0 Å². The van der Waals surface area contributed by atoms with Crippen LogP contribution in [0, 0.1) is 0 Å². The molecule has 0 saturated heterocycles. The number of carbonyl (C=O) groups excluding carboxylic acids is 1. The van der Waals surface area contributed by atoms with E-state index in [2.05, 4.69) is 19.1 Å². The van der Waals surface area contributed by atoms with Crippen LogP contribution in [0.4, 0.5) is 0 Å². The highest BCUT2D eigenvalue weighted by Crippen LogP contribution is 2.09. The first-order valence-corrected chi connectivity index (χ1v) is 8.70. The molecule has 2 nitrogen and oxygen atoms in total. The van der Waals surface area contributed by atoms with E-state index in [1.807, 2.05) is 0 Å². The Hall–Kier alpha value is -0.790. The summed E-state index contributed by atoms with van der Waals surface area (Å²) in [6.45, 7) is 2.26. The summed E-state index contributed by atoms with van der Waals surface area (Å²) in [5.41, 5.74) is 5.10. The van der Waals surface area contributed by atoms with Gasteiger partial charge in [0.25, 0.3) is 0 Å². The molecule has 20 heavy (non-hydrogen) atoms. The molecule has 119 valence electrons. The second kappa shape index (κ2) is 16.3. The van der Waals surface area contributed by atoms with E-state index in [0.29, 0.717) is 6.42 Å². The molecule has 0 aromatic heterocycles. The van der Waals surface area contributed by atoms with Crippen molar-refractivity contribution in [2.24, 2.45) is 5.73 Å². The molecule has 0 bridgehead atoms. The molecule has 0 aliphatic heterocycles. The quantitative estimate of drug-likeness (QED) is 0.307. The maximum absolute atomic E-state index is 10.5. The average Bonchev–Trinajstić information content (AvgIpc) is 2.43. The van der Waals surface area contributed by atoms with Gasteiger partial charge >= 0.3 is 0 Å². The second-order valence-corrected chi connectivity index (χ2v) is 5.80. The van der Waals surface area contributed by atoms with E-state index in [-0.39, 0.29) is 7.33 Å². The van der Waals surface area contributed by atoms with Gasteiger partial charge in [-0.3, -0.25) is 4.79 Å². The summed E-state index contributed by atoms with van der Waals surface area (Å²) in [5, 5.41) is 0. The molecule has 0 aliphatic carbocycles. The van der Waals surface area contributed by atoms with E-state index in [4.69, 9.17) is 5.73 Å². The highest BCUT2D eigenvalue weighted by Gasteiger charge is 1.94. The molecule has 0 spiro atoms. The van der Waals surface area contributed by atoms with Crippen molar-refractivity contribution in [2.45, 2.75) is 96.8 Å². The molecule has 0 fully saturated rings. The molecule has 2 heteroatoms. The van der Waals surface area contributed by atoms with Crippen LogP contribution in [0.1, 0.15) is 98.2 Å². The van der Waals surface area contributed by atoms with Gasteiger partial charge in [0.15, 0.2) is 0 Å². The Balaban J connectivity index is 0. The third-order valence-electron chi connectivity index (χ3n) is 3.68. The topological polar surface area (TPSA) is 43.1 Å². The van der Waals surface area contributed by atoms with Crippen LogP contribution in [-0.4, -0.2) is 5.91 Å². The van der Waals surface area contributed by atoms with E-state index in [1.165, 1.54) is 70.6 Å². The number of nitrogens with two attached hydrogens (primary N) is 1. The fourth-order valence-electron chi connectivity index (χ4n) is 2.37. The number of hydrogen-bond donors (Lipinski definition) is 1. The van der Waals surface area contributed by atoms with Crippen molar-refractivity contribution in [3.05, 3.63) is 12.2 Å². The zero-order valence-corrected chi connectivity index (χ0v) is 13.5. The molecule has 0 aliphatic rings. The molecular weight excluding hydrogens is 246 g/mol. The minimum atomic E-state index is -0.164. The normalized spacial score (nSPS) is 11.2. The first kappa shape index (κ1) is 19.2. The zero-order valence-electron chi connectivity index (χ0n) is 14.5. The summed E-state index contributed by atoms with van der Waals surface area (Å²) >= 11 is 0. The third-order valence-corrected chi connectivity index (χ3v) is 3.68. The predicted octanol–water partition coefficient (Wildman–Crippen LogP) is 5.62. The van der Waals surface area contributed by atoms with Crippen LogP contribution in [0.2, 0.25) is 0 Å². The summed E-state index contributed by atoms with van der Waals surface area (Å²) in [6.07, 6.45) is 21.9. The lowest BCUT2D eigenvalue weighted by Crippen LogP contribution is -2.09. The zero-order chi connectivity index (χ0) is 14.9. The number of allylic oxidation sites excluding steroid dienone is 2. The van der Waals surface area contributed by atoms with Crippen molar-refractivity contribution in [1.29, 1.82) is 0 Å². The fraction of sp³-hybridized carbons (Fsp3) is 0.833. The SMILES string of the molecule is CCCCCCCC/C=C\CCCCCCCC(N)=O.[H]. The molecule has 0 saturated carbocycles. The molecular formula is C18H36NO. The van der Waals surface area contributed by atoms with Crippen molar-refractivity contribution >= 4 is 5.91 Å². The van der Waals surface area contributed by atoms with Crippen LogP contribution >= 0.6 is 0 Å². The largest absolute Gasteiger partial charge is 0.370 e. The van der Waals surface area contributed by atoms with Gasteiger partial charge in [0.2, 0.25) is 5.91 Å². The van der Waals surface area contributed by atoms with Gasteiger partial charge in [0, 0.05) is 7.85 Å². The van der Waals surface area contributed by atoms with Crippen molar-refractivity contribution in [1.82, 2.24) is 0 Å². The summed E-state index contributed by atoms with van der Waals surface area (Å²) in [5.74, 6) is -0.164. The Bertz CT molecular complexity index is 241. The molecule has 0 aromatic rings. The Morgan fingerprint density at radius 3 is 1.75 bits per heavy atom. The highest BCUT2D eigenvalue weighted by molar-refractivity contribution is 5.73. The number of primary amides is 1. The Morgan fingerprint density at radius 1 is 0.800 bits per heavy atom. The number of carbonyl (C=O) groups is 1. The van der Waals surface area contributed by atoms with Crippen LogP contribution in [0.15, 0.2) is 12.2 Å². The molecule has 2 N–H and O–H groups in total. The second-order valence-electron chi connectivity index (χ2n) is 5.80. The van der Waals surface area contributed by atoms with E-state index in [0.717, 1.165) is 12.8 Å². The summed E-state index contributed by atoms with van der Waals surface area (Å²) in [6, 6.07) is 0. The van der Waals surface area contributed by atoms with Crippen molar-refractivity contribution in [2.75, 3.05) is 0 Å². The van der Waals surface area contributed by atoms with Gasteiger partial charge in [-0.25, -0.2) is 0 Å². The van der Waals surface area contributed by atoms with Gasteiger partial charge in [0.1, 0.15) is 0 Å². The van der Waals surface area contributed by atoms with Gasteiger partial charge in [-0.1, -0.05) is 70.4 Å². The average molecular weight is 282 g/mol. The number of amides is 1. The highest BCUT2D eigenvalue weighted by atomic mass is 16.1. The molecule has 1 amide bonds. The molecule has 0 unspecified atom stereocenters. The lowest BCUT2D eigenvalue weighted by molar-refractivity contribution is -0.118. The predicted molar refractivity (Wildman–Crippen MR) is 89.8 cm³/mol. The molecule has 0 aromatic carbocycles. The smallest absolute Gasteiger partial charge is 0.217 e. The van der Waals surface area contributed by atoms with E-state index < -0.39 is 0 Å². The minimum Gasteiger partial charge on any atom is -0.370 e. The van der Waals surface area contributed by atoms with E-state index in [1.54, 1.807) is 0 Å². The van der Waals surface area contributed by atoms with Crippen LogP contribution in [0.5, 0.6) is 0 Å². The fourth-order valence-corrected chi connectivity index (χ4v) is 2.37. The Morgan fingerprint density at radius 2 is 1.25 bits per heavy atom. The Kier molecular flexibility index (Phi) is 15.6. The lowest BCUT2D eigenvalue weighted by Gasteiger charge is -1.99. The lowest BCUT2D eigenvalue weighted by atomic mass is 10.1. The van der Waals surface area contributed by atoms with E-state index in [9.17, 15) is 4.79 Å². The first-order chi connectivity index (χ1) is 9.77. The van der Waals surface area contributed by atoms with Crippen molar-refractivity contribution < 1.29 is 6.22 Å². The van der Waals surface area contributed by atoms with Crippen LogP contribution in [0.25, 0.3) is 0 Å². The van der Waals surface area contributed by atoms with Gasteiger partial charge < -0.3 is 5.73 Å². The summed E-state index contributed by atoms with van der Waals surface area (Å²) in [4.78, 5) is 10.5. The van der Waals surface area contributed by atoms with Gasteiger partial charge in [-0.15, -0.1) is 0 Å². The first-order valence-electron chi connectivity index (χ1n) is 8.70. The third kappa shape index (κ3) is 17.2. The van der Waals surface area contributed by atoms with Gasteiger partial charge in [0.05, 0.1) is 0 Å². The molecule has 0 rings (SSSR count). The Labute approximate surface area is 127 Å². The summed E-state index contributed by atoms with van der Waals surface area (Å²) in [7, 11) is 0. The maximum Gasteiger partial charge on any atom is 0.217 e. The van der Waals surface area contributed by atoms with Crippen molar-refractivity contribution in [3.8, 4) is 0 Å². The monoisotopic (exact) mass is 282 g/mol. The molecule has 0 heterocycles. The molecule has 1 radical (unpaired) electrons. The van der Waals surface area contributed by atoms with Crippen molar-refractivity contribution in [3.63, 3.8) is 0 Å². The van der Waals surface area contributed by atoms with Gasteiger partial charge in [-0.2, -0.15) is 0 Å². The minimum absolute atomic E-state index is 0. The van der Waals surface area contributed by atoms with E-state index >= 15 is 0 Å². The van der Waals surface area contributed by atoms with Gasteiger partial charge in [-0.05, 0) is 32.1 Å².